The van der Waals surface area contributed by atoms with Crippen molar-refractivity contribution in [2.75, 3.05) is 13.1 Å². The predicted molar refractivity (Wildman–Crippen MR) is 66.0 cm³/mol. The standard InChI is InChI=1S/C14H27N/c1-14(2,3)11-12-7-9-15(10-8-12)13-5-4-6-13/h12-13H,4-11H2,1-3H3. The van der Waals surface area contributed by atoms with Gasteiger partial charge in [-0.1, -0.05) is 27.2 Å². The van der Waals surface area contributed by atoms with Gasteiger partial charge in [-0.15, -0.1) is 0 Å². The molecule has 0 aromatic rings. The Kier molecular flexibility index (Phi) is 3.39. The summed E-state index contributed by atoms with van der Waals surface area (Å²) in [6.07, 6.45) is 8.76. The Morgan fingerprint density at radius 2 is 1.60 bits per heavy atom. The summed E-state index contributed by atoms with van der Waals surface area (Å²) < 4.78 is 0. The van der Waals surface area contributed by atoms with Crippen LogP contribution in [0.25, 0.3) is 0 Å². The first-order valence-corrected chi connectivity index (χ1v) is 6.79. The van der Waals surface area contributed by atoms with Crippen LogP contribution < -0.4 is 0 Å². The second-order valence-electron chi connectivity index (χ2n) is 6.83. The van der Waals surface area contributed by atoms with Gasteiger partial charge in [-0.2, -0.15) is 0 Å². The van der Waals surface area contributed by atoms with Crippen LogP contribution in [0.5, 0.6) is 0 Å². The van der Waals surface area contributed by atoms with Crippen LogP contribution in [0.15, 0.2) is 0 Å². The molecule has 0 amide bonds. The molecule has 1 nitrogen and oxygen atoms in total. The van der Waals surface area contributed by atoms with Gasteiger partial charge < -0.3 is 4.90 Å². The van der Waals surface area contributed by atoms with Crippen LogP contribution in [0.1, 0.15) is 59.3 Å². The van der Waals surface area contributed by atoms with E-state index in [0.717, 1.165) is 12.0 Å². The maximum absolute atomic E-state index is 2.75. The zero-order valence-electron chi connectivity index (χ0n) is 10.8. The highest BCUT2D eigenvalue weighted by atomic mass is 15.2. The average Bonchev–Trinajstić information content (AvgIpc) is 2.02. The molecule has 0 unspecified atom stereocenters. The van der Waals surface area contributed by atoms with Crippen LogP contribution in [0.4, 0.5) is 0 Å². The lowest BCUT2D eigenvalue weighted by Crippen LogP contribution is -2.45. The van der Waals surface area contributed by atoms with Crippen molar-refractivity contribution in [3.63, 3.8) is 0 Å². The van der Waals surface area contributed by atoms with Gasteiger partial charge in [0, 0.05) is 6.04 Å². The normalized spacial score (nSPS) is 26.6. The van der Waals surface area contributed by atoms with Crippen LogP contribution in [-0.4, -0.2) is 24.0 Å². The molecule has 0 radical (unpaired) electrons. The van der Waals surface area contributed by atoms with Crippen LogP contribution >= 0.6 is 0 Å². The van der Waals surface area contributed by atoms with Crippen LogP contribution in [0, 0.1) is 11.3 Å². The molecular weight excluding hydrogens is 182 g/mol. The van der Waals surface area contributed by atoms with Gasteiger partial charge in [0.25, 0.3) is 0 Å². The van der Waals surface area contributed by atoms with Crippen molar-refractivity contribution in [2.24, 2.45) is 11.3 Å². The summed E-state index contributed by atoms with van der Waals surface area (Å²) in [6, 6.07) is 0.973. The molecule has 0 N–H and O–H groups in total. The van der Waals surface area contributed by atoms with E-state index in [-0.39, 0.29) is 0 Å². The Labute approximate surface area is 95.2 Å². The minimum absolute atomic E-state index is 0.531. The van der Waals surface area contributed by atoms with Gasteiger partial charge in [0.1, 0.15) is 0 Å². The van der Waals surface area contributed by atoms with Crippen molar-refractivity contribution in [3.8, 4) is 0 Å². The molecule has 0 aromatic heterocycles. The lowest BCUT2D eigenvalue weighted by atomic mass is 9.79. The number of hydrogen-bond acceptors (Lipinski definition) is 1. The summed E-state index contributed by atoms with van der Waals surface area (Å²) >= 11 is 0. The van der Waals surface area contributed by atoms with Crippen molar-refractivity contribution >= 4 is 0 Å². The zero-order valence-corrected chi connectivity index (χ0v) is 10.8. The SMILES string of the molecule is CC(C)(C)CC1CCN(C2CCC2)CC1. The first-order chi connectivity index (χ1) is 7.04. The third kappa shape index (κ3) is 3.21. The molecule has 1 aliphatic carbocycles. The van der Waals surface area contributed by atoms with Crippen molar-refractivity contribution in [2.45, 2.75) is 65.3 Å². The summed E-state index contributed by atoms with van der Waals surface area (Å²) in [5.74, 6) is 1.00. The number of piperidine rings is 1. The number of hydrogen-bond donors (Lipinski definition) is 0. The van der Waals surface area contributed by atoms with E-state index < -0.39 is 0 Å². The Morgan fingerprint density at radius 1 is 1.00 bits per heavy atom. The molecule has 1 heterocycles. The largest absolute Gasteiger partial charge is 0.300 e. The highest BCUT2D eigenvalue weighted by molar-refractivity contribution is 4.84. The summed E-state index contributed by atoms with van der Waals surface area (Å²) in [7, 11) is 0. The highest BCUT2D eigenvalue weighted by Crippen LogP contribution is 2.34. The molecule has 0 bridgehead atoms. The summed E-state index contributed by atoms with van der Waals surface area (Å²) in [6.45, 7) is 9.90. The topological polar surface area (TPSA) is 3.24 Å². The van der Waals surface area contributed by atoms with E-state index in [1.54, 1.807) is 0 Å². The average molecular weight is 209 g/mol. The number of rotatable bonds is 2. The molecular formula is C14H27N. The van der Waals surface area contributed by atoms with Gasteiger partial charge in [-0.05, 0) is 56.5 Å². The third-order valence-electron chi connectivity index (χ3n) is 4.14. The van der Waals surface area contributed by atoms with Gasteiger partial charge in [0.15, 0.2) is 0 Å². The molecule has 0 aromatic carbocycles. The van der Waals surface area contributed by atoms with Gasteiger partial charge in [-0.3, -0.25) is 0 Å². The lowest BCUT2D eigenvalue weighted by Gasteiger charge is -2.42. The molecule has 2 aliphatic rings. The lowest BCUT2D eigenvalue weighted by molar-refractivity contribution is 0.0740. The molecule has 1 heteroatoms. The monoisotopic (exact) mass is 209 g/mol. The Bertz CT molecular complexity index is 192. The van der Waals surface area contributed by atoms with Crippen molar-refractivity contribution in [1.82, 2.24) is 4.90 Å². The van der Waals surface area contributed by atoms with E-state index in [1.807, 2.05) is 0 Å². The van der Waals surface area contributed by atoms with E-state index in [4.69, 9.17) is 0 Å². The van der Waals surface area contributed by atoms with Gasteiger partial charge in [0.2, 0.25) is 0 Å². The summed E-state index contributed by atoms with van der Waals surface area (Å²) in [5, 5.41) is 0. The molecule has 1 saturated carbocycles. The fourth-order valence-electron chi connectivity index (χ4n) is 3.14. The minimum Gasteiger partial charge on any atom is -0.300 e. The van der Waals surface area contributed by atoms with E-state index in [0.29, 0.717) is 5.41 Å². The Balaban J connectivity index is 1.72. The maximum Gasteiger partial charge on any atom is 0.00952 e. The summed E-state index contributed by atoms with van der Waals surface area (Å²) in [4.78, 5) is 2.75. The van der Waals surface area contributed by atoms with E-state index in [1.165, 1.54) is 51.6 Å². The maximum atomic E-state index is 2.75. The van der Waals surface area contributed by atoms with E-state index in [2.05, 4.69) is 25.7 Å². The molecule has 2 fully saturated rings. The quantitative estimate of drug-likeness (QED) is 0.670. The van der Waals surface area contributed by atoms with E-state index >= 15 is 0 Å². The van der Waals surface area contributed by atoms with Crippen molar-refractivity contribution in [1.29, 1.82) is 0 Å². The minimum atomic E-state index is 0.531. The highest BCUT2D eigenvalue weighted by Gasteiger charge is 2.29. The summed E-state index contributed by atoms with van der Waals surface area (Å²) in [5.41, 5.74) is 0.531. The predicted octanol–water partition coefficient (Wildman–Crippen LogP) is 3.69. The van der Waals surface area contributed by atoms with Crippen molar-refractivity contribution in [3.05, 3.63) is 0 Å². The fourth-order valence-corrected chi connectivity index (χ4v) is 3.14. The molecule has 0 spiro atoms. The van der Waals surface area contributed by atoms with Gasteiger partial charge in [0.05, 0.1) is 0 Å². The van der Waals surface area contributed by atoms with E-state index in [9.17, 15) is 0 Å². The van der Waals surface area contributed by atoms with Gasteiger partial charge >= 0.3 is 0 Å². The molecule has 1 aliphatic heterocycles. The smallest absolute Gasteiger partial charge is 0.00952 e. The third-order valence-corrected chi connectivity index (χ3v) is 4.14. The van der Waals surface area contributed by atoms with Crippen LogP contribution in [0.2, 0.25) is 0 Å². The van der Waals surface area contributed by atoms with Crippen molar-refractivity contribution < 1.29 is 0 Å². The van der Waals surface area contributed by atoms with Crippen LogP contribution in [0.3, 0.4) is 0 Å². The van der Waals surface area contributed by atoms with Gasteiger partial charge in [-0.25, -0.2) is 0 Å². The molecule has 15 heavy (non-hydrogen) atoms. The molecule has 2 rings (SSSR count). The zero-order chi connectivity index (χ0) is 10.9. The van der Waals surface area contributed by atoms with Crippen LogP contribution in [-0.2, 0) is 0 Å². The fraction of sp³-hybridized carbons (Fsp3) is 1.00. The molecule has 88 valence electrons. The number of nitrogens with zero attached hydrogens (tertiary/aromatic N) is 1. The second-order valence-corrected chi connectivity index (χ2v) is 6.83. The first-order valence-electron chi connectivity index (χ1n) is 6.79. The Morgan fingerprint density at radius 3 is 2.00 bits per heavy atom. The first kappa shape index (κ1) is 11.4. The Hall–Kier alpha value is -0.0400. The molecule has 0 atom stereocenters. The molecule has 1 saturated heterocycles. The second kappa shape index (κ2) is 4.45. The number of likely N-dealkylation sites (tertiary alicyclic amines) is 1.